The van der Waals surface area contributed by atoms with E-state index in [1.807, 2.05) is 42.9 Å². The SMILES string of the molecule is CCOc1cc(C(=O)OC)ccc1-n1nc(-c2ccc(C)nc2)c2c1-c1sc(NC(C)=O)nc1CC2. The minimum absolute atomic E-state index is 0.168. The van der Waals surface area contributed by atoms with E-state index in [1.54, 1.807) is 12.1 Å². The van der Waals surface area contributed by atoms with Crippen molar-refractivity contribution >= 4 is 28.3 Å². The van der Waals surface area contributed by atoms with Crippen molar-refractivity contribution in [1.82, 2.24) is 19.7 Å². The second kappa shape index (κ2) is 9.54. The topological polar surface area (TPSA) is 108 Å². The summed E-state index contributed by atoms with van der Waals surface area (Å²) < 4.78 is 12.7. The molecule has 0 atom stereocenters. The Kier molecular flexibility index (Phi) is 6.27. The van der Waals surface area contributed by atoms with E-state index in [1.165, 1.54) is 25.4 Å². The highest BCUT2D eigenvalue weighted by Gasteiger charge is 2.31. The molecular formula is C26H25N5O4S. The van der Waals surface area contributed by atoms with Gasteiger partial charge in [0.1, 0.15) is 11.4 Å². The number of pyridine rings is 1. The summed E-state index contributed by atoms with van der Waals surface area (Å²) in [7, 11) is 1.35. The van der Waals surface area contributed by atoms with Crippen LogP contribution in [0.25, 0.3) is 27.5 Å². The largest absolute Gasteiger partial charge is 0.492 e. The van der Waals surface area contributed by atoms with Crippen LogP contribution < -0.4 is 10.1 Å². The third-order valence-corrected chi connectivity index (χ3v) is 6.90. The Morgan fingerprint density at radius 3 is 2.72 bits per heavy atom. The van der Waals surface area contributed by atoms with Gasteiger partial charge >= 0.3 is 5.97 Å². The third kappa shape index (κ3) is 4.24. The van der Waals surface area contributed by atoms with Crippen molar-refractivity contribution in [3.8, 4) is 33.3 Å². The minimum Gasteiger partial charge on any atom is -0.492 e. The van der Waals surface area contributed by atoms with E-state index in [2.05, 4.69) is 15.3 Å². The number of carbonyl (C=O) groups excluding carboxylic acids is 2. The number of rotatable bonds is 6. The number of hydrogen-bond acceptors (Lipinski definition) is 8. The lowest BCUT2D eigenvalue weighted by Crippen LogP contribution is -2.09. The fraction of sp³-hybridized carbons (Fsp3) is 0.269. The van der Waals surface area contributed by atoms with Gasteiger partial charge in [0.15, 0.2) is 5.13 Å². The summed E-state index contributed by atoms with van der Waals surface area (Å²) in [4.78, 5) is 33.9. The van der Waals surface area contributed by atoms with Crippen LogP contribution in [-0.2, 0) is 22.4 Å². The van der Waals surface area contributed by atoms with Crippen LogP contribution in [0, 0.1) is 6.92 Å². The average Bonchev–Trinajstić information content (AvgIpc) is 3.44. The van der Waals surface area contributed by atoms with E-state index in [0.717, 1.165) is 51.6 Å². The number of nitrogens with zero attached hydrogens (tertiary/aromatic N) is 4. The lowest BCUT2D eigenvalue weighted by Gasteiger charge is -2.16. The van der Waals surface area contributed by atoms with Crippen LogP contribution in [0.2, 0.25) is 0 Å². The van der Waals surface area contributed by atoms with Crippen molar-refractivity contribution in [2.45, 2.75) is 33.6 Å². The summed E-state index contributed by atoms with van der Waals surface area (Å²) in [6, 6.07) is 9.16. The molecule has 0 saturated heterocycles. The number of thiazole rings is 1. The third-order valence-electron chi connectivity index (χ3n) is 5.88. The molecule has 1 N–H and O–H groups in total. The lowest BCUT2D eigenvalue weighted by molar-refractivity contribution is -0.114. The van der Waals surface area contributed by atoms with Gasteiger partial charge in [-0.1, -0.05) is 11.3 Å². The zero-order chi connectivity index (χ0) is 25.4. The lowest BCUT2D eigenvalue weighted by atomic mass is 9.95. The molecule has 1 aromatic carbocycles. The van der Waals surface area contributed by atoms with Crippen LogP contribution in [0.15, 0.2) is 36.5 Å². The molecule has 0 aliphatic heterocycles. The standard InChI is InChI=1S/C26H25N5O4S/c1-5-35-21-12-16(25(33)34-4)8-11-20(21)31-23-18(22(30-31)17-7-6-14(2)27-13-17)9-10-19-24(23)36-26(29-19)28-15(3)32/h6-8,11-13H,5,9-10H2,1-4H3,(H,28,29,32). The number of aryl methyl sites for hydroxylation is 2. The Bertz CT molecular complexity index is 1470. The van der Waals surface area contributed by atoms with E-state index in [9.17, 15) is 9.59 Å². The van der Waals surface area contributed by atoms with Crippen molar-refractivity contribution in [2.24, 2.45) is 0 Å². The molecule has 0 spiro atoms. The normalized spacial score (nSPS) is 12.0. The first-order chi connectivity index (χ1) is 17.4. The maximum absolute atomic E-state index is 12.2. The van der Waals surface area contributed by atoms with Crippen LogP contribution in [0.5, 0.6) is 5.75 Å². The average molecular weight is 504 g/mol. The van der Waals surface area contributed by atoms with E-state index in [0.29, 0.717) is 28.7 Å². The molecule has 0 saturated carbocycles. The number of aromatic nitrogens is 4. The number of nitrogens with one attached hydrogen (secondary N) is 1. The Morgan fingerprint density at radius 1 is 1.19 bits per heavy atom. The van der Waals surface area contributed by atoms with Gasteiger partial charge < -0.3 is 14.8 Å². The summed E-state index contributed by atoms with van der Waals surface area (Å²) in [5, 5.41) is 8.40. The molecular weight excluding hydrogens is 478 g/mol. The molecule has 3 aromatic heterocycles. The molecule has 0 fully saturated rings. The van der Waals surface area contributed by atoms with Crippen molar-refractivity contribution in [3.05, 3.63) is 59.0 Å². The van der Waals surface area contributed by atoms with Crippen LogP contribution in [-0.4, -0.2) is 45.3 Å². The number of benzene rings is 1. The second-order valence-corrected chi connectivity index (χ2v) is 9.36. The van der Waals surface area contributed by atoms with Gasteiger partial charge in [0.2, 0.25) is 5.91 Å². The molecule has 4 aromatic rings. The van der Waals surface area contributed by atoms with Crippen molar-refractivity contribution in [2.75, 3.05) is 19.0 Å². The van der Waals surface area contributed by atoms with Gasteiger partial charge in [-0.25, -0.2) is 14.5 Å². The first-order valence-corrected chi connectivity index (χ1v) is 12.4. The summed E-state index contributed by atoms with van der Waals surface area (Å²) in [5.74, 6) is -0.0996. The molecule has 10 heteroatoms. The Hall–Kier alpha value is -4.05. The molecule has 1 aliphatic rings. The first-order valence-electron chi connectivity index (χ1n) is 11.6. The van der Waals surface area contributed by atoms with Crippen LogP contribution >= 0.6 is 11.3 Å². The van der Waals surface area contributed by atoms with Gasteiger partial charge in [-0.15, -0.1) is 0 Å². The number of fused-ring (bicyclic) bond motifs is 3. The van der Waals surface area contributed by atoms with Crippen LogP contribution in [0.4, 0.5) is 5.13 Å². The maximum Gasteiger partial charge on any atom is 0.337 e. The van der Waals surface area contributed by atoms with Crippen LogP contribution in [0.1, 0.15) is 41.2 Å². The highest BCUT2D eigenvalue weighted by molar-refractivity contribution is 7.19. The summed E-state index contributed by atoms with van der Waals surface area (Å²) in [6.45, 7) is 5.71. The van der Waals surface area contributed by atoms with E-state index < -0.39 is 5.97 Å². The molecule has 1 aliphatic carbocycles. The fourth-order valence-electron chi connectivity index (χ4n) is 4.29. The Labute approximate surface area is 212 Å². The predicted molar refractivity (Wildman–Crippen MR) is 137 cm³/mol. The molecule has 36 heavy (non-hydrogen) atoms. The second-order valence-electron chi connectivity index (χ2n) is 8.36. The summed E-state index contributed by atoms with van der Waals surface area (Å²) >= 11 is 1.42. The van der Waals surface area contributed by atoms with E-state index in [-0.39, 0.29) is 5.91 Å². The predicted octanol–water partition coefficient (Wildman–Crippen LogP) is 4.61. The highest BCUT2D eigenvalue weighted by Crippen LogP contribution is 2.45. The van der Waals surface area contributed by atoms with Crippen molar-refractivity contribution in [3.63, 3.8) is 0 Å². The molecule has 0 unspecified atom stereocenters. The number of methoxy groups -OCH3 is 1. The molecule has 3 heterocycles. The number of anilines is 1. The monoisotopic (exact) mass is 503 g/mol. The van der Waals surface area contributed by atoms with Gasteiger partial charge in [0, 0.05) is 29.9 Å². The molecule has 184 valence electrons. The molecule has 9 nitrogen and oxygen atoms in total. The summed E-state index contributed by atoms with van der Waals surface area (Å²) in [5.41, 5.74) is 6.63. The van der Waals surface area contributed by atoms with Gasteiger partial charge in [-0.2, -0.15) is 5.10 Å². The number of carbonyl (C=O) groups is 2. The molecule has 0 bridgehead atoms. The maximum atomic E-state index is 12.2. The van der Waals surface area contributed by atoms with Crippen LogP contribution in [0.3, 0.4) is 0 Å². The van der Waals surface area contributed by atoms with Gasteiger partial charge in [0.25, 0.3) is 0 Å². The number of hydrogen-bond donors (Lipinski definition) is 1. The van der Waals surface area contributed by atoms with Crippen molar-refractivity contribution < 1.29 is 19.1 Å². The highest BCUT2D eigenvalue weighted by atomic mass is 32.1. The first kappa shape index (κ1) is 23.7. The van der Waals surface area contributed by atoms with E-state index >= 15 is 0 Å². The number of ether oxygens (including phenoxy) is 2. The number of amides is 1. The molecule has 1 amide bonds. The minimum atomic E-state index is -0.443. The fourth-order valence-corrected chi connectivity index (χ4v) is 5.41. The quantitative estimate of drug-likeness (QED) is 0.383. The van der Waals surface area contributed by atoms with Gasteiger partial charge in [-0.05, 0) is 57.0 Å². The van der Waals surface area contributed by atoms with E-state index in [4.69, 9.17) is 14.6 Å². The van der Waals surface area contributed by atoms with Gasteiger partial charge in [0.05, 0.1) is 41.2 Å². The zero-order valence-corrected chi connectivity index (χ0v) is 21.2. The number of esters is 1. The van der Waals surface area contributed by atoms with Gasteiger partial charge in [-0.3, -0.25) is 9.78 Å². The molecule has 5 rings (SSSR count). The zero-order valence-electron chi connectivity index (χ0n) is 20.4. The Balaban J connectivity index is 1.75. The van der Waals surface area contributed by atoms with Crippen molar-refractivity contribution in [1.29, 1.82) is 0 Å². The molecule has 0 radical (unpaired) electrons. The smallest absolute Gasteiger partial charge is 0.337 e. The summed E-state index contributed by atoms with van der Waals surface area (Å²) in [6.07, 6.45) is 3.30. The Morgan fingerprint density at radius 2 is 2.03 bits per heavy atom.